The fraction of sp³-hybridized carbons (Fsp3) is 0. The Hall–Kier alpha value is -2.49. The van der Waals surface area contributed by atoms with Crippen molar-refractivity contribution in [1.82, 2.24) is 14.9 Å². The number of nitrogens with zero attached hydrogens (tertiary/aromatic N) is 4. The van der Waals surface area contributed by atoms with Crippen LogP contribution in [0.2, 0.25) is 10.0 Å². The predicted molar refractivity (Wildman–Crippen MR) is 91.2 cm³/mol. The Labute approximate surface area is 149 Å². The number of halogens is 2. The maximum atomic E-state index is 10.6. The first-order valence-corrected chi connectivity index (χ1v) is 7.53. The summed E-state index contributed by atoms with van der Waals surface area (Å²) in [4.78, 5) is 9.97. The second kappa shape index (κ2) is 6.56. The van der Waals surface area contributed by atoms with Gasteiger partial charge in [0.1, 0.15) is 4.92 Å². The Kier molecular flexibility index (Phi) is 4.47. The van der Waals surface area contributed by atoms with Gasteiger partial charge < -0.3 is 4.42 Å². The van der Waals surface area contributed by atoms with E-state index in [1.807, 2.05) is 0 Å². The molecule has 8 nitrogen and oxygen atoms in total. The molecule has 0 spiro atoms. The molecule has 0 radical (unpaired) electrons. The summed E-state index contributed by atoms with van der Waals surface area (Å²) >= 11 is 17.2. The van der Waals surface area contributed by atoms with Gasteiger partial charge in [0.15, 0.2) is 11.6 Å². The smallest absolute Gasteiger partial charge is 0.400 e. The molecular weight excluding hydrogens is 377 g/mol. The molecule has 0 aliphatic carbocycles. The van der Waals surface area contributed by atoms with Gasteiger partial charge in [0.05, 0.1) is 17.3 Å². The van der Waals surface area contributed by atoms with Crippen molar-refractivity contribution in [3.8, 4) is 11.4 Å². The Balaban J connectivity index is 1.99. The van der Waals surface area contributed by atoms with E-state index in [0.29, 0.717) is 21.4 Å². The second-order valence-corrected chi connectivity index (χ2v) is 5.70. The van der Waals surface area contributed by atoms with E-state index >= 15 is 0 Å². The predicted octanol–water partition coefficient (Wildman–Crippen LogP) is 4.30. The molecule has 0 aliphatic heterocycles. The average Bonchev–Trinajstić information content (AvgIpc) is 3.13. The van der Waals surface area contributed by atoms with Crippen LogP contribution < -0.4 is 0 Å². The first-order chi connectivity index (χ1) is 11.5. The SMILES string of the molecule is O=[N+]([O-])c1ccc(/C=N\n2c(-c3ccc(Cl)cc3Cl)n[nH]c2=S)o1. The van der Waals surface area contributed by atoms with Crippen molar-refractivity contribution < 1.29 is 9.34 Å². The van der Waals surface area contributed by atoms with Crippen LogP contribution in [0.4, 0.5) is 5.88 Å². The molecule has 3 aromatic rings. The largest absolute Gasteiger partial charge is 0.433 e. The number of rotatable bonds is 4. The third-order valence-electron chi connectivity index (χ3n) is 2.92. The number of aromatic nitrogens is 3. The van der Waals surface area contributed by atoms with E-state index in [9.17, 15) is 10.1 Å². The number of hydrogen-bond donors (Lipinski definition) is 1. The van der Waals surface area contributed by atoms with Crippen LogP contribution in [0.3, 0.4) is 0 Å². The van der Waals surface area contributed by atoms with Gasteiger partial charge in [0.2, 0.25) is 4.77 Å². The van der Waals surface area contributed by atoms with Crippen LogP contribution >= 0.6 is 35.4 Å². The van der Waals surface area contributed by atoms with Crippen LogP contribution in [0.25, 0.3) is 11.4 Å². The Bertz CT molecular complexity index is 1010. The number of H-pyrrole nitrogens is 1. The molecule has 3 rings (SSSR count). The molecule has 0 atom stereocenters. The Morgan fingerprint density at radius 1 is 1.38 bits per heavy atom. The van der Waals surface area contributed by atoms with Crippen molar-refractivity contribution in [1.29, 1.82) is 0 Å². The van der Waals surface area contributed by atoms with Crippen molar-refractivity contribution in [2.75, 3.05) is 0 Å². The normalized spacial score (nSPS) is 11.2. The van der Waals surface area contributed by atoms with Gasteiger partial charge in [-0.3, -0.25) is 10.1 Å². The van der Waals surface area contributed by atoms with Crippen LogP contribution in [0.1, 0.15) is 5.76 Å². The van der Waals surface area contributed by atoms with E-state index in [2.05, 4.69) is 15.3 Å². The summed E-state index contributed by atoms with van der Waals surface area (Å²) in [5.74, 6) is 0.171. The lowest BCUT2D eigenvalue weighted by atomic mass is 10.2. The summed E-state index contributed by atoms with van der Waals surface area (Å²) in [6, 6.07) is 7.55. The lowest BCUT2D eigenvalue weighted by Crippen LogP contribution is -1.95. The van der Waals surface area contributed by atoms with Crippen molar-refractivity contribution >= 4 is 47.5 Å². The third-order valence-corrected chi connectivity index (χ3v) is 3.73. The summed E-state index contributed by atoms with van der Waals surface area (Å²) in [7, 11) is 0. The number of furan rings is 1. The van der Waals surface area contributed by atoms with E-state index in [-0.39, 0.29) is 16.4 Å². The fourth-order valence-electron chi connectivity index (χ4n) is 1.87. The van der Waals surface area contributed by atoms with E-state index < -0.39 is 4.92 Å². The first kappa shape index (κ1) is 16.4. The highest BCUT2D eigenvalue weighted by Gasteiger charge is 2.13. The Morgan fingerprint density at radius 3 is 2.83 bits per heavy atom. The summed E-state index contributed by atoms with van der Waals surface area (Å²) in [6.07, 6.45) is 1.28. The topological polar surface area (TPSA) is 102 Å². The van der Waals surface area contributed by atoms with E-state index in [1.54, 1.807) is 18.2 Å². The number of aromatic amines is 1. The molecule has 0 fully saturated rings. The van der Waals surface area contributed by atoms with Crippen LogP contribution in [-0.2, 0) is 0 Å². The first-order valence-electron chi connectivity index (χ1n) is 6.37. The molecule has 2 heterocycles. The van der Waals surface area contributed by atoms with Crippen molar-refractivity contribution in [2.24, 2.45) is 5.10 Å². The van der Waals surface area contributed by atoms with Gasteiger partial charge in [-0.15, -0.1) is 0 Å². The number of nitrogens with one attached hydrogen (secondary N) is 1. The quantitative estimate of drug-likeness (QED) is 0.313. The van der Waals surface area contributed by atoms with Gasteiger partial charge >= 0.3 is 5.88 Å². The molecule has 0 bridgehead atoms. The molecule has 0 amide bonds. The number of nitro groups is 1. The molecule has 0 aliphatic rings. The van der Waals surface area contributed by atoms with Gasteiger partial charge in [-0.1, -0.05) is 23.2 Å². The number of hydrogen-bond acceptors (Lipinski definition) is 6. The monoisotopic (exact) mass is 383 g/mol. The highest BCUT2D eigenvalue weighted by Crippen LogP contribution is 2.29. The highest BCUT2D eigenvalue weighted by molar-refractivity contribution is 7.71. The Morgan fingerprint density at radius 2 is 2.17 bits per heavy atom. The zero-order chi connectivity index (χ0) is 17.3. The lowest BCUT2D eigenvalue weighted by molar-refractivity contribution is -0.402. The molecule has 0 saturated carbocycles. The summed E-state index contributed by atoms with van der Waals surface area (Å²) in [5, 5.41) is 22.3. The summed E-state index contributed by atoms with van der Waals surface area (Å²) < 4.78 is 6.53. The van der Waals surface area contributed by atoms with Crippen molar-refractivity contribution in [2.45, 2.75) is 0 Å². The summed E-state index contributed by atoms with van der Waals surface area (Å²) in [5.41, 5.74) is 0.566. The van der Waals surface area contributed by atoms with Gasteiger partial charge in [-0.05, 0) is 36.5 Å². The van der Waals surface area contributed by atoms with Gasteiger partial charge in [0, 0.05) is 10.6 Å². The van der Waals surface area contributed by atoms with Crippen molar-refractivity contribution in [3.63, 3.8) is 0 Å². The molecule has 1 aromatic carbocycles. The zero-order valence-electron chi connectivity index (χ0n) is 11.6. The number of benzene rings is 1. The van der Waals surface area contributed by atoms with Crippen molar-refractivity contribution in [3.05, 3.63) is 61.0 Å². The van der Waals surface area contributed by atoms with Gasteiger partial charge in [0.25, 0.3) is 0 Å². The maximum absolute atomic E-state index is 10.6. The molecule has 11 heteroatoms. The second-order valence-electron chi connectivity index (χ2n) is 4.47. The fourth-order valence-corrected chi connectivity index (χ4v) is 2.54. The highest BCUT2D eigenvalue weighted by atomic mass is 35.5. The van der Waals surface area contributed by atoms with Gasteiger partial charge in [-0.25, -0.2) is 5.10 Å². The standard InChI is InChI=1S/C13H7Cl2N5O3S/c14-7-1-3-9(10(15)5-7)12-17-18-13(24)19(12)16-6-8-2-4-11(23-8)20(21)22/h1-6H,(H,18,24)/b16-6-. The zero-order valence-corrected chi connectivity index (χ0v) is 14.0. The van der Waals surface area contributed by atoms with Crippen LogP contribution in [0, 0.1) is 14.9 Å². The summed E-state index contributed by atoms with van der Waals surface area (Å²) in [6.45, 7) is 0. The molecule has 122 valence electrons. The molecule has 0 unspecified atom stereocenters. The molecule has 0 saturated heterocycles. The average molecular weight is 384 g/mol. The molecule has 24 heavy (non-hydrogen) atoms. The molecule has 1 N–H and O–H groups in total. The minimum atomic E-state index is -0.639. The van der Waals surface area contributed by atoms with E-state index in [4.69, 9.17) is 39.8 Å². The third kappa shape index (κ3) is 3.23. The van der Waals surface area contributed by atoms with Crippen LogP contribution in [0.15, 0.2) is 39.9 Å². The maximum Gasteiger partial charge on any atom is 0.433 e. The van der Waals surface area contributed by atoms with Crippen LogP contribution in [0.5, 0.6) is 0 Å². The molecular formula is C13H7Cl2N5O3S. The van der Waals surface area contributed by atoms with E-state index in [0.717, 1.165) is 0 Å². The minimum Gasteiger partial charge on any atom is -0.400 e. The molecule has 2 aromatic heterocycles. The lowest BCUT2D eigenvalue weighted by Gasteiger charge is -2.03. The van der Waals surface area contributed by atoms with Gasteiger partial charge in [-0.2, -0.15) is 14.9 Å². The minimum absolute atomic E-state index is 0.193. The van der Waals surface area contributed by atoms with E-state index in [1.165, 1.54) is 23.0 Å². The van der Waals surface area contributed by atoms with Crippen LogP contribution in [-0.4, -0.2) is 26.0 Å².